The number of fused-ring (bicyclic) bond motifs is 1. The average Bonchev–Trinajstić information content (AvgIpc) is 2.62. The fourth-order valence-electron chi connectivity index (χ4n) is 3.62. The lowest BCUT2D eigenvalue weighted by Gasteiger charge is -2.44. The molecule has 1 aliphatic heterocycles. The van der Waals surface area contributed by atoms with Crippen molar-refractivity contribution in [1.29, 1.82) is 0 Å². The summed E-state index contributed by atoms with van der Waals surface area (Å²) in [6, 6.07) is 13.0. The van der Waals surface area contributed by atoms with Crippen LogP contribution >= 0.6 is 11.8 Å². The molecule has 2 aliphatic rings. The molecule has 0 spiro atoms. The summed E-state index contributed by atoms with van der Waals surface area (Å²) in [4.78, 5) is 11.9. The van der Waals surface area contributed by atoms with Crippen molar-refractivity contribution in [2.75, 3.05) is 17.2 Å². The third kappa shape index (κ3) is 2.72. The number of rotatable bonds is 2. The zero-order valence-corrected chi connectivity index (χ0v) is 13.5. The Morgan fingerprint density at radius 3 is 2.82 bits per heavy atom. The molecule has 1 saturated carbocycles. The van der Waals surface area contributed by atoms with Crippen molar-refractivity contribution < 1.29 is 0 Å². The summed E-state index contributed by atoms with van der Waals surface area (Å²) in [5.74, 6) is 3.15. The van der Waals surface area contributed by atoms with E-state index in [0.717, 1.165) is 29.0 Å². The second-order valence-electron chi connectivity index (χ2n) is 6.06. The Labute approximate surface area is 136 Å². The Hall–Kier alpha value is -1.55. The van der Waals surface area contributed by atoms with Crippen molar-refractivity contribution in [3.8, 4) is 11.4 Å². The van der Waals surface area contributed by atoms with Gasteiger partial charge in [-0.1, -0.05) is 43.2 Å². The molecule has 2 aromatic rings. The highest BCUT2D eigenvalue weighted by atomic mass is 32.2. The van der Waals surface area contributed by atoms with E-state index in [1.54, 1.807) is 0 Å². The minimum Gasteiger partial charge on any atom is -0.352 e. The van der Waals surface area contributed by atoms with Crippen LogP contribution in [0.4, 0.5) is 5.82 Å². The lowest BCUT2D eigenvalue weighted by atomic mass is 9.93. The first-order chi connectivity index (χ1) is 10.9. The molecule has 114 valence electrons. The molecule has 0 radical (unpaired) electrons. The summed E-state index contributed by atoms with van der Waals surface area (Å²) in [6.45, 7) is 1.11. The van der Waals surface area contributed by atoms with Gasteiger partial charge in [-0.15, -0.1) is 0 Å². The quantitative estimate of drug-likeness (QED) is 0.838. The van der Waals surface area contributed by atoms with Crippen LogP contribution in [0.3, 0.4) is 0 Å². The highest BCUT2D eigenvalue weighted by Gasteiger charge is 2.34. The van der Waals surface area contributed by atoms with Gasteiger partial charge in [0.25, 0.3) is 0 Å². The number of aromatic nitrogens is 2. The van der Waals surface area contributed by atoms with Gasteiger partial charge in [0.15, 0.2) is 5.82 Å². The Morgan fingerprint density at radius 1 is 1.05 bits per heavy atom. The fourth-order valence-corrected chi connectivity index (χ4v) is 5.06. The Morgan fingerprint density at radius 2 is 1.91 bits per heavy atom. The number of anilines is 1. The zero-order valence-electron chi connectivity index (χ0n) is 12.7. The van der Waals surface area contributed by atoms with Crippen LogP contribution in [0, 0.1) is 0 Å². The minimum absolute atomic E-state index is 0.658. The van der Waals surface area contributed by atoms with Crippen LogP contribution < -0.4 is 4.90 Å². The summed E-state index contributed by atoms with van der Waals surface area (Å²) >= 11 is 2.16. The van der Waals surface area contributed by atoms with Crippen LogP contribution in [0.2, 0.25) is 0 Å². The smallest absolute Gasteiger partial charge is 0.161 e. The second-order valence-corrected chi connectivity index (χ2v) is 7.41. The third-order valence-electron chi connectivity index (χ3n) is 4.70. The van der Waals surface area contributed by atoms with Gasteiger partial charge in [0.05, 0.1) is 0 Å². The molecule has 1 aromatic carbocycles. The van der Waals surface area contributed by atoms with Gasteiger partial charge in [0.1, 0.15) is 5.82 Å². The first-order valence-electron chi connectivity index (χ1n) is 8.18. The molecule has 2 atom stereocenters. The van der Waals surface area contributed by atoms with E-state index in [1.165, 1.54) is 31.4 Å². The molecule has 2 unspecified atom stereocenters. The van der Waals surface area contributed by atoms with Crippen LogP contribution in [0.25, 0.3) is 11.4 Å². The Kier molecular flexibility index (Phi) is 4.02. The van der Waals surface area contributed by atoms with Gasteiger partial charge in [-0.3, -0.25) is 0 Å². The maximum atomic E-state index is 4.86. The van der Waals surface area contributed by atoms with Gasteiger partial charge in [0, 0.05) is 35.3 Å². The second kappa shape index (κ2) is 6.29. The lowest BCUT2D eigenvalue weighted by molar-refractivity contribution is 0.420. The molecule has 22 heavy (non-hydrogen) atoms. The number of hydrogen-bond acceptors (Lipinski definition) is 4. The maximum absolute atomic E-state index is 4.86. The normalized spacial score (nSPS) is 24.8. The van der Waals surface area contributed by atoms with Gasteiger partial charge in [-0.05, 0) is 18.9 Å². The molecular weight excluding hydrogens is 290 g/mol. The van der Waals surface area contributed by atoms with Crippen LogP contribution in [-0.4, -0.2) is 33.6 Å². The highest BCUT2D eigenvalue weighted by molar-refractivity contribution is 8.00. The van der Waals surface area contributed by atoms with Crippen LogP contribution in [-0.2, 0) is 0 Å². The van der Waals surface area contributed by atoms with E-state index in [9.17, 15) is 0 Å². The van der Waals surface area contributed by atoms with E-state index in [1.807, 2.05) is 24.4 Å². The van der Waals surface area contributed by atoms with Gasteiger partial charge >= 0.3 is 0 Å². The fraction of sp³-hybridized carbons (Fsp3) is 0.444. The van der Waals surface area contributed by atoms with E-state index >= 15 is 0 Å². The van der Waals surface area contributed by atoms with Crippen molar-refractivity contribution in [2.24, 2.45) is 0 Å². The standard InChI is InChI=1S/C18H21N3S/c1-2-6-14(7-3-1)18-19-11-10-17(20-18)21-12-13-22-16-9-5-4-8-15(16)21/h1-3,6-7,10-11,15-16H,4-5,8-9,12-13H2. The van der Waals surface area contributed by atoms with Crippen LogP contribution in [0.5, 0.6) is 0 Å². The number of nitrogens with zero attached hydrogens (tertiary/aromatic N) is 3. The molecule has 1 saturated heterocycles. The number of benzene rings is 1. The van der Waals surface area contributed by atoms with E-state index < -0.39 is 0 Å². The molecule has 2 fully saturated rings. The van der Waals surface area contributed by atoms with Crippen molar-refractivity contribution in [3.05, 3.63) is 42.6 Å². The van der Waals surface area contributed by atoms with Crippen molar-refractivity contribution in [2.45, 2.75) is 37.0 Å². The van der Waals surface area contributed by atoms with Gasteiger partial charge < -0.3 is 4.90 Å². The molecule has 4 heteroatoms. The van der Waals surface area contributed by atoms with E-state index in [0.29, 0.717) is 6.04 Å². The molecule has 0 N–H and O–H groups in total. The first-order valence-corrected chi connectivity index (χ1v) is 9.23. The van der Waals surface area contributed by atoms with E-state index in [4.69, 9.17) is 4.98 Å². The molecule has 0 amide bonds. The summed E-state index contributed by atoms with van der Waals surface area (Å²) in [6.07, 6.45) is 7.32. The largest absolute Gasteiger partial charge is 0.352 e. The van der Waals surface area contributed by atoms with E-state index in [-0.39, 0.29) is 0 Å². The summed E-state index contributed by atoms with van der Waals surface area (Å²) < 4.78 is 0. The molecule has 1 aliphatic carbocycles. The van der Waals surface area contributed by atoms with Gasteiger partial charge in [0.2, 0.25) is 0 Å². The average molecular weight is 311 g/mol. The molecule has 1 aromatic heterocycles. The summed E-state index contributed by atoms with van der Waals surface area (Å²) in [5, 5.41) is 0.789. The number of thioether (sulfide) groups is 1. The predicted octanol–water partition coefficient (Wildman–Crippen LogP) is 4.01. The third-order valence-corrected chi connectivity index (χ3v) is 6.10. The molecule has 4 rings (SSSR count). The number of hydrogen-bond donors (Lipinski definition) is 0. The zero-order chi connectivity index (χ0) is 14.8. The first kappa shape index (κ1) is 14.1. The monoisotopic (exact) mass is 311 g/mol. The van der Waals surface area contributed by atoms with Crippen LogP contribution in [0.1, 0.15) is 25.7 Å². The lowest BCUT2D eigenvalue weighted by Crippen LogP contribution is -2.49. The highest BCUT2D eigenvalue weighted by Crippen LogP contribution is 2.37. The summed E-state index contributed by atoms with van der Waals surface area (Å²) in [7, 11) is 0. The Bertz CT molecular complexity index is 629. The molecule has 2 heterocycles. The topological polar surface area (TPSA) is 29.0 Å². The van der Waals surface area contributed by atoms with Crippen molar-refractivity contribution >= 4 is 17.6 Å². The Balaban J connectivity index is 1.64. The van der Waals surface area contributed by atoms with Crippen molar-refractivity contribution in [1.82, 2.24) is 9.97 Å². The predicted molar refractivity (Wildman–Crippen MR) is 93.3 cm³/mol. The molecule has 3 nitrogen and oxygen atoms in total. The van der Waals surface area contributed by atoms with Crippen molar-refractivity contribution in [3.63, 3.8) is 0 Å². The summed E-state index contributed by atoms with van der Waals surface area (Å²) in [5.41, 5.74) is 1.09. The molecule has 0 bridgehead atoms. The molecular formula is C18H21N3S. The SMILES string of the molecule is c1ccc(-c2nccc(N3CCSC4CCCCC43)n2)cc1. The van der Waals surface area contributed by atoms with Crippen LogP contribution in [0.15, 0.2) is 42.6 Å². The maximum Gasteiger partial charge on any atom is 0.161 e. The van der Waals surface area contributed by atoms with E-state index in [2.05, 4.69) is 39.8 Å². The van der Waals surface area contributed by atoms with Gasteiger partial charge in [-0.2, -0.15) is 11.8 Å². The minimum atomic E-state index is 0.658. The van der Waals surface area contributed by atoms with Gasteiger partial charge in [-0.25, -0.2) is 9.97 Å².